The number of hydrogen-bond acceptors (Lipinski definition) is 4. The summed E-state index contributed by atoms with van der Waals surface area (Å²) in [4.78, 5) is 6.50. The molecule has 2 atom stereocenters. The Morgan fingerprint density at radius 2 is 1.82 bits per heavy atom. The average Bonchev–Trinajstić information content (AvgIpc) is 3.47. The summed E-state index contributed by atoms with van der Waals surface area (Å²) < 4.78 is 11.9. The third-order valence-corrected chi connectivity index (χ3v) is 4.18. The largest absolute Gasteiger partial charge is 0.488 e. The van der Waals surface area contributed by atoms with Gasteiger partial charge in [0.25, 0.3) is 0 Å². The van der Waals surface area contributed by atoms with Crippen molar-refractivity contribution in [2.75, 3.05) is 19.7 Å². The molecule has 1 aliphatic carbocycles. The first-order chi connectivity index (χ1) is 10.9. The maximum absolute atomic E-state index is 5.98. The van der Waals surface area contributed by atoms with E-state index in [1.165, 1.54) is 25.9 Å². The molecule has 0 bridgehead atoms. The highest BCUT2D eigenvalue weighted by Gasteiger charge is 2.38. The molecule has 0 N–H and O–H groups in total. The zero-order chi connectivity index (χ0) is 14.8. The van der Waals surface area contributed by atoms with E-state index >= 15 is 0 Å². The van der Waals surface area contributed by atoms with Crippen molar-refractivity contribution in [3.63, 3.8) is 0 Å². The van der Waals surface area contributed by atoms with Crippen molar-refractivity contribution in [1.82, 2.24) is 9.88 Å². The Labute approximate surface area is 130 Å². The van der Waals surface area contributed by atoms with Gasteiger partial charge in [-0.1, -0.05) is 12.1 Å². The number of aromatic nitrogens is 1. The highest BCUT2D eigenvalue weighted by molar-refractivity contribution is 5.42. The summed E-state index contributed by atoms with van der Waals surface area (Å²) in [7, 11) is 0. The molecule has 4 rings (SSSR count). The maximum Gasteiger partial charge on any atom is 0.169 e. The molecule has 1 aromatic heterocycles. The van der Waals surface area contributed by atoms with Gasteiger partial charge < -0.3 is 9.47 Å². The van der Waals surface area contributed by atoms with Crippen LogP contribution in [0.2, 0.25) is 0 Å². The predicted molar refractivity (Wildman–Crippen MR) is 84.3 cm³/mol. The lowest BCUT2D eigenvalue weighted by Crippen LogP contribution is -2.13. The van der Waals surface area contributed by atoms with Gasteiger partial charge in [-0.2, -0.15) is 0 Å². The number of ether oxygens (including phenoxy) is 2. The van der Waals surface area contributed by atoms with Crippen molar-refractivity contribution in [3.05, 3.63) is 48.8 Å². The fourth-order valence-corrected chi connectivity index (χ4v) is 2.61. The van der Waals surface area contributed by atoms with Gasteiger partial charge in [-0.15, -0.1) is 0 Å². The minimum absolute atomic E-state index is 0.578. The maximum atomic E-state index is 5.98. The van der Waals surface area contributed by atoms with Crippen LogP contribution in [-0.2, 0) is 0 Å². The van der Waals surface area contributed by atoms with E-state index in [2.05, 4.69) is 9.88 Å². The minimum atomic E-state index is 0.578. The Bertz CT molecular complexity index is 628. The smallest absolute Gasteiger partial charge is 0.169 e. The average molecular weight is 296 g/mol. The second-order valence-electron chi connectivity index (χ2n) is 6.09. The normalized spacial score (nSPS) is 23.1. The van der Waals surface area contributed by atoms with Gasteiger partial charge in [0, 0.05) is 25.5 Å². The van der Waals surface area contributed by atoms with E-state index < -0.39 is 0 Å². The van der Waals surface area contributed by atoms with Gasteiger partial charge in [-0.05, 0) is 43.0 Å². The molecule has 2 fully saturated rings. The van der Waals surface area contributed by atoms with Crippen LogP contribution >= 0.6 is 0 Å². The van der Waals surface area contributed by atoms with Gasteiger partial charge in [0.05, 0.1) is 6.04 Å². The van der Waals surface area contributed by atoms with Crippen molar-refractivity contribution in [2.45, 2.75) is 18.9 Å². The van der Waals surface area contributed by atoms with Crippen molar-refractivity contribution in [2.24, 2.45) is 5.92 Å². The van der Waals surface area contributed by atoms with E-state index in [1.54, 1.807) is 12.4 Å². The minimum Gasteiger partial charge on any atom is -0.488 e. The van der Waals surface area contributed by atoms with E-state index in [9.17, 15) is 0 Å². The van der Waals surface area contributed by atoms with E-state index in [0.717, 1.165) is 29.8 Å². The summed E-state index contributed by atoms with van der Waals surface area (Å²) in [5, 5.41) is 0. The Balaban J connectivity index is 1.35. The standard InChI is InChI=1S/C18H20N2O2/c1-2-4-18(22-16-7-9-19-10-8-16)17(3-1)21-13-15-12-20(15)11-14-5-6-14/h1-4,7-10,14-15H,5-6,11-13H2. The fourth-order valence-electron chi connectivity index (χ4n) is 2.61. The lowest BCUT2D eigenvalue weighted by atomic mass is 10.3. The van der Waals surface area contributed by atoms with Gasteiger partial charge in [0.2, 0.25) is 0 Å². The molecule has 1 saturated heterocycles. The van der Waals surface area contributed by atoms with Crippen molar-refractivity contribution in [1.29, 1.82) is 0 Å². The topological polar surface area (TPSA) is 34.4 Å². The van der Waals surface area contributed by atoms with Crippen LogP contribution in [0.5, 0.6) is 17.2 Å². The quantitative estimate of drug-likeness (QED) is 0.734. The Hall–Kier alpha value is -2.07. The van der Waals surface area contributed by atoms with Crippen molar-refractivity contribution in [3.8, 4) is 17.2 Å². The molecule has 0 spiro atoms. The number of rotatable bonds is 7. The van der Waals surface area contributed by atoms with Gasteiger partial charge in [-0.3, -0.25) is 9.88 Å². The molecule has 4 heteroatoms. The second kappa shape index (κ2) is 5.97. The third kappa shape index (κ3) is 3.39. The summed E-state index contributed by atoms with van der Waals surface area (Å²) in [5.41, 5.74) is 0. The van der Waals surface area contributed by atoms with E-state index in [1.807, 2.05) is 36.4 Å². The predicted octanol–water partition coefficient (Wildman–Crippen LogP) is 3.35. The first-order valence-electron chi connectivity index (χ1n) is 7.92. The lowest BCUT2D eigenvalue weighted by molar-refractivity contribution is 0.281. The highest BCUT2D eigenvalue weighted by atomic mass is 16.5. The SMILES string of the molecule is c1ccc(Oc2ccncc2)c(OCC2CN2CC2CC2)c1. The Kier molecular flexibility index (Phi) is 3.69. The molecule has 1 saturated carbocycles. The summed E-state index contributed by atoms with van der Waals surface area (Å²) in [6, 6.07) is 12.1. The van der Waals surface area contributed by atoms with Crippen molar-refractivity contribution >= 4 is 0 Å². The van der Waals surface area contributed by atoms with Crippen LogP contribution in [0.15, 0.2) is 48.8 Å². The molecule has 1 aromatic carbocycles. The zero-order valence-electron chi connectivity index (χ0n) is 12.5. The molecule has 1 aliphatic heterocycles. The number of benzene rings is 1. The number of pyridine rings is 1. The van der Waals surface area contributed by atoms with Gasteiger partial charge in [0.1, 0.15) is 12.4 Å². The molecule has 0 radical (unpaired) electrons. The Morgan fingerprint density at radius 1 is 1.05 bits per heavy atom. The first kappa shape index (κ1) is 13.6. The molecule has 22 heavy (non-hydrogen) atoms. The van der Waals surface area contributed by atoms with Crippen LogP contribution in [0.4, 0.5) is 0 Å². The third-order valence-electron chi connectivity index (χ3n) is 4.18. The van der Waals surface area contributed by atoms with E-state index in [0.29, 0.717) is 6.04 Å². The molecule has 2 aliphatic rings. The van der Waals surface area contributed by atoms with Crippen LogP contribution in [0.3, 0.4) is 0 Å². The van der Waals surface area contributed by atoms with Gasteiger partial charge in [-0.25, -0.2) is 0 Å². The number of para-hydroxylation sites is 2. The molecule has 4 nitrogen and oxygen atoms in total. The monoisotopic (exact) mass is 296 g/mol. The van der Waals surface area contributed by atoms with Crippen LogP contribution in [0, 0.1) is 5.92 Å². The van der Waals surface area contributed by atoms with E-state index in [4.69, 9.17) is 9.47 Å². The molecular weight excluding hydrogens is 276 g/mol. The number of hydrogen-bond donors (Lipinski definition) is 0. The van der Waals surface area contributed by atoms with Crippen LogP contribution < -0.4 is 9.47 Å². The van der Waals surface area contributed by atoms with E-state index in [-0.39, 0.29) is 0 Å². The molecule has 2 heterocycles. The summed E-state index contributed by atoms with van der Waals surface area (Å²) in [5.74, 6) is 3.28. The van der Waals surface area contributed by atoms with Crippen LogP contribution in [0.25, 0.3) is 0 Å². The molecule has 114 valence electrons. The highest BCUT2D eigenvalue weighted by Crippen LogP contribution is 2.35. The van der Waals surface area contributed by atoms with Crippen LogP contribution in [-0.4, -0.2) is 35.6 Å². The molecule has 2 unspecified atom stereocenters. The lowest BCUT2D eigenvalue weighted by Gasteiger charge is -2.12. The second-order valence-corrected chi connectivity index (χ2v) is 6.09. The zero-order valence-corrected chi connectivity index (χ0v) is 12.5. The fraction of sp³-hybridized carbons (Fsp3) is 0.389. The first-order valence-corrected chi connectivity index (χ1v) is 7.92. The summed E-state index contributed by atoms with van der Waals surface area (Å²) >= 11 is 0. The Morgan fingerprint density at radius 3 is 2.59 bits per heavy atom. The van der Waals surface area contributed by atoms with Crippen molar-refractivity contribution < 1.29 is 9.47 Å². The number of nitrogens with zero attached hydrogens (tertiary/aromatic N) is 2. The summed E-state index contributed by atoms with van der Waals surface area (Å²) in [6.45, 7) is 3.16. The summed E-state index contributed by atoms with van der Waals surface area (Å²) in [6.07, 6.45) is 6.26. The molecule has 2 aromatic rings. The van der Waals surface area contributed by atoms with Gasteiger partial charge in [0.15, 0.2) is 11.5 Å². The van der Waals surface area contributed by atoms with Gasteiger partial charge >= 0.3 is 0 Å². The molecule has 0 amide bonds. The van der Waals surface area contributed by atoms with Crippen LogP contribution in [0.1, 0.15) is 12.8 Å². The molecular formula is C18H20N2O2.